The van der Waals surface area contributed by atoms with Crippen LogP contribution >= 0.6 is 11.8 Å². The highest BCUT2D eigenvalue weighted by Gasteiger charge is 2.44. The number of hydrogen-bond donors (Lipinski definition) is 0. The van der Waals surface area contributed by atoms with E-state index in [1.54, 1.807) is 24.2 Å². The first-order valence-corrected chi connectivity index (χ1v) is 13.4. The largest absolute Gasteiger partial charge is 0.416 e. The van der Waals surface area contributed by atoms with Crippen LogP contribution in [-0.2, 0) is 15.8 Å². The SMILES string of the molecule is CN1C(=O)/C(=C/c2ccc(C(F)(F)F)cc2)SC2CCC(C(=O)N3CCN(c4ccccn4)CC3)CC21. The number of alkyl halides is 3. The van der Waals surface area contributed by atoms with Crippen molar-refractivity contribution in [1.29, 1.82) is 0 Å². The second-order valence-electron chi connectivity index (χ2n) is 9.78. The van der Waals surface area contributed by atoms with Gasteiger partial charge in [-0.15, -0.1) is 11.8 Å². The number of fused-ring (bicyclic) bond motifs is 1. The van der Waals surface area contributed by atoms with Gasteiger partial charge in [-0.25, -0.2) is 4.98 Å². The van der Waals surface area contributed by atoms with Gasteiger partial charge in [0, 0.05) is 56.6 Å². The lowest BCUT2D eigenvalue weighted by Gasteiger charge is -2.45. The van der Waals surface area contributed by atoms with E-state index in [-0.39, 0.29) is 29.0 Å². The molecule has 6 nitrogen and oxygen atoms in total. The first-order chi connectivity index (χ1) is 17.7. The van der Waals surface area contributed by atoms with Gasteiger partial charge >= 0.3 is 6.18 Å². The number of anilines is 1. The highest BCUT2D eigenvalue weighted by molar-refractivity contribution is 8.04. The van der Waals surface area contributed by atoms with Crippen LogP contribution in [0.5, 0.6) is 0 Å². The molecule has 0 spiro atoms. The quantitative estimate of drug-likeness (QED) is 0.546. The van der Waals surface area contributed by atoms with E-state index in [4.69, 9.17) is 0 Å². The minimum atomic E-state index is -4.39. The number of halogens is 3. The minimum absolute atomic E-state index is 0.0419. The molecule has 5 rings (SSSR count). The lowest BCUT2D eigenvalue weighted by atomic mass is 9.83. The third-order valence-corrected chi connectivity index (χ3v) is 8.91. The molecule has 2 saturated heterocycles. The molecule has 10 heteroatoms. The van der Waals surface area contributed by atoms with Gasteiger partial charge in [-0.05, 0) is 55.2 Å². The monoisotopic (exact) mass is 530 g/mol. The maximum atomic E-state index is 13.4. The molecule has 3 aliphatic rings. The Morgan fingerprint density at radius 1 is 1.05 bits per heavy atom. The predicted molar refractivity (Wildman–Crippen MR) is 138 cm³/mol. The number of rotatable bonds is 3. The summed E-state index contributed by atoms with van der Waals surface area (Å²) in [5.74, 6) is 0.827. The number of nitrogens with zero attached hydrogens (tertiary/aromatic N) is 4. The van der Waals surface area contributed by atoms with E-state index in [2.05, 4.69) is 9.88 Å². The fraction of sp³-hybridized carbons (Fsp3) is 0.444. The molecule has 1 aliphatic carbocycles. The number of amides is 2. The fourth-order valence-electron chi connectivity index (χ4n) is 5.40. The Balaban J connectivity index is 1.20. The summed E-state index contributed by atoms with van der Waals surface area (Å²) in [4.78, 5) is 37.2. The van der Waals surface area contributed by atoms with Gasteiger partial charge in [0.25, 0.3) is 5.91 Å². The van der Waals surface area contributed by atoms with Gasteiger partial charge in [0.2, 0.25) is 5.91 Å². The Morgan fingerprint density at radius 2 is 1.78 bits per heavy atom. The van der Waals surface area contributed by atoms with Crippen LogP contribution in [0.3, 0.4) is 0 Å². The number of aromatic nitrogens is 1. The average molecular weight is 531 g/mol. The molecule has 37 heavy (non-hydrogen) atoms. The lowest BCUT2D eigenvalue weighted by Crippen LogP contribution is -2.55. The zero-order valence-electron chi connectivity index (χ0n) is 20.5. The molecule has 2 amide bonds. The molecule has 0 bridgehead atoms. The van der Waals surface area contributed by atoms with Crippen molar-refractivity contribution < 1.29 is 22.8 Å². The average Bonchev–Trinajstić information content (AvgIpc) is 2.91. The van der Waals surface area contributed by atoms with Gasteiger partial charge in [0.05, 0.1) is 10.5 Å². The van der Waals surface area contributed by atoms with Gasteiger partial charge in [0.1, 0.15) is 5.82 Å². The van der Waals surface area contributed by atoms with Gasteiger partial charge in [-0.3, -0.25) is 9.59 Å². The van der Waals surface area contributed by atoms with E-state index < -0.39 is 11.7 Å². The molecule has 2 aliphatic heterocycles. The Bertz CT molecular complexity index is 1160. The summed E-state index contributed by atoms with van der Waals surface area (Å²) in [7, 11) is 1.76. The normalized spacial score (nSPS) is 25.8. The van der Waals surface area contributed by atoms with E-state index in [0.717, 1.165) is 43.9 Å². The topological polar surface area (TPSA) is 56.8 Å². The van der Waals surface area contributed by atoms with E-state index in [1.165, 1.54) is 23.9 Å². The molecule has 2 aromatic rings. The maximum absolute atomic E-state index is 13.4. The van der Waals surface area contributed by atoms with Crippen LogP contribution in [0.25, 0.3) is 6.08 Å². The molecule has 1 aromatic heterocycles. The van der Waals surface area contributed by atoms with Crippen molar-refractivity contribution in [3.8, 4) is 0 Å². The zero-order valence-corrected chi connectivity index (χ0v) is 21.3. The summed E-state index contributed by atoms with van der Waals surface area (Å²) < 4.78 is 38.6. The summed E-state index contributed by atoms with van der Waals surface area (Å²) in [6, 6.07) is 10.6. The van der Waals surface area contributed by atoms with Crippen LogP contribution in [0, 0.1) is 5.92 Å². The Labute approximate surface area is 218 Å². The van der Waals surface area contributed by atoms with Gasteiger partial charge < -0.3 is 14.7 Å². The standard InChI is InChI=1S/C27H29F3N4O2S/c1-32-21-17-19(25(35)34-14-12-33(13-15-34)24-4-2-3-11-31-24)7-10-22(21)37-23(26(32)36)16-18-5-8-20(9-6-18)27(28,29)30/h2-6,8-9,11,16,19,21-22H,7,10,12-15,17H2,1H3/b23-16-. The summed E-state index contributed by atoms with van der Waals surface area (Å²) >= 11 is 1.49. The zero-order chi connectivity index (χ0) is 26.2. The van der Waals surface area contributed by atoms with Gasteiger partial charge in [-0.2, -0.15) is 13.2 Å². The number of piperazine rings is 1. The predicted octanol–water partition coefficient (Wildman–Crippen LogP) is 4.53. The summed E-state index contributed by atoms with van der Waals surface area (Å²) in [5, 5.41) is 0.161. The van der Waals surface area contributed by atoms with Crippen LogP contribution in [0.2, 0.25) is 0 Å². The van der Waals surface area contributed by atoms with Crippen molar-refractivity contribution in [1.82, 2.24) is 14.8 Å². The summed E-state index contributed by atoms with van der Waals surface area (Å²) in [6.07, 6.45) is 1.25. The highest BCUT2D eigenvalue weighted by atomic mass is 32.2. The molecular formula is C27H29F3N4O2S. The number of carbonyl (C=O) groups is 2. The van der Waals surface area contributed by atoms with Crippen molar-refractivity contribution in [2.45, 2.75) is 36.7 Å². The van der Waals surface area contributed by atoms with Crippen LogP contribution in [0.15, 0.2) is 53.6 Å². The minimum Gasteiger partial charge on any atom is -0.353 e. The maximum Gasteiger partial charge on any atom is 0.416 e. The van der Waals surface area contributed by atoms with Crippen molar-refractivity contribution in [2.24, 2.45) is 5.92 Å². The number of hydrogen-bond acceptors (Lipinski definition) is 5. The lowest BCUT2D eigenvalue weighted by molar-refractivity contribution is -0.139. The smallest absolute Gasteiger partial charge is 0.353 e. The first-order valence-electron chi connectivity index (χ1n) is 12.5. The number of likely N-dealkylation sites (N-methyl/N-ethyl adjacent to an activating group) is 1. The molecule has 1 saturated carbocycles. The number of benzene rings is 1. The van der Waals surface area contributed by atoms with Crippen molar-refractivity contribution in [3.05, 3.63) is 64.7 Å². The molecule has 0 radical (unpaired) electrons. The van der Waals surface area contributed by atoms with E-state index in [0.29, 0.717) is 30.0 Å². The molecule has 3 fully saturated rings. The molecule has 3 heterocycles. The van der Waals surface area contributed by atoms with Crippen molar-refractivity contribution in [3.63, 3.8) is 0 Å². The molecule has 0 N–H and O–H groups in total. The Morgan fingerprint density at radius 3 is 2.43 bits per heavy atom. The van der Waals surface area contributed by atoms with Crippen LogP contribution < -0.4 is 4.90 Å². The van der Waals surface area contributed by atoms with Crippen LogP contribution in [0.1, 0.15) is 30.4 Å². The highest BCUT2D eigenvalue weighted by Crippen LogP contribution is 2.43. The number of pyridine rings is 1. The van der Waals surface area contributed by atoms with E-state index in [1.807, 2.05) is 23.1 Å². The molecule has 3 atom stereocenters. The molecule has 3 unspecified atom stereocenters. The molecule has 1 aromatic carbocycles. The molecular weight excluding hydrogens is 501 g/mol. The number of thioether (sulfide) groups is 1. The third-order valence-electron chi connectivity index (χ3n) is 7.51. The van der Waals surface area contributed by atoms with Crippen molar-refractivity contribution in [2.75, 3.05) is 38.1 Å². The Hall–Kier alpha value is -3.01. The Kier molecular flexibility index (Phi) is 7.20. The second-order valence-corrected chi connectivity index (χ2v) is 11.1. The van der Waals surface area contributed by atoms with Gasteiger partial charge in [-0.1, -0.05) is 18.2 Å². The second kappa shape index (κ2) is 10.4. The van der Waals surface area contributed by atoms with E-state index >= 15 is 0 Å². The first kappa shape index (κ1) is 25.6. The molecule has 196 valence electrons. The van der Waals surface area contributed by atoms with E-state index in [9.17, 15) is 22.8 Å². The summed E-state index contributed by atoms with van der Waals surface area (Å²) in [6.45, 7) is 2.80. The van der Waals surface area contributed by atoms with Crippen LogP contribution in [-0.4, -0.2) is 71.1 Å². The number of carbonyl (C=O) groups excluding carboxylic acids is 2. The van der Waals surface area contributed by atoms with Crippen LogP contribution in [0.4, 0.5) is 19.0 Å². The van der Waals surface area contributed by atoms with Crippen molar-refractivity contribution >= 4 is 35.5 Å². The summed E-state index contributed by atoms with van der Waals surface area (Å²) in [5.41, 5.74) is -0.153. The fourth-order valence-corrected chi connectivity index (χ4v) is 6.88. The van der Waals surface area contributed by atoms with Gasteiger partial charge in [0.15, 0.2) is 0 Å². The third kappa shape index (κ3) is 5.49.